The predicted molar refractivity (Wildman–Crippen MR) is 68.0 cm³/mol. The van der Waals surface area contributed by atoms with Gasteiger partial charge in [-0.15, -0.1) is 0 Å². The van der Waals surface area contributed by atoms with Gasteiger partial charge in [-0.25, -0.2) is 4.99 Å². The molecule has 8 nitrogen and oxygen atoms in total. The van der Waals surface area contributed by atoms with Crippen LogP contribution in [0.1, 0.15) is 20.8 Å². The first-order valence-corrected chi connectivity index (χ1v) is 6.21. The maximum Gasteiger partial charge on any atom is 0.302 e. The molecule has 1 heterocycles. The molecule has 0 radical (unpaired) electrons. The summed E-state index contributed by atoms with van der Waals surface area (Å²) in [6, 6.07) is -1.48. The second-order valence-corrected chi connectivity index (χ2v) is 4.08. The normalized spacial score (nSPS) is 21.6. The fraction of sp³-hybridized carbons (Fsp3) is 0.667. The van der Waals surface area contributed by atoms with Crippen LogP contribution in [0, 0.1) is 0 Å². The van der Waals surface area contributed by atoms with Gasteiger partial charge in [-0.3, -0.25) is 14.4 Å². The largest absolute Gasteiger partial charge is 0.480 e. The van der Waals surface area contributed by atoms with Crippen molar-refractivity contribution in [1.82, 2.24) is 5.32 Å². The molecule has 1 N–H and O–H groups in total. The molecular weight excluding hydrogens is 268 g/mol. The van der Waals surface area contributed by atoms with Crippen molar-refractivity contribution < 1.29 is 28.6 Å². The number of nitrogens with one attached hydrogen (secondary N) is 1. The van der Waals surface area contributed by atoms with Gasteiger partial charge in [0.15, 0.2) is 6.04 Å². The molecule has 0 saturated carbocycles. The summed E-state index contributed by atoms with van der Waals surface area (Å²) in [7, 11) is 0. The van der Waals surface area contributed by atoms with Crippen LogP contribution in [-0.2, 0) is 28.6 Å². The standard InChI is InChI=1S/C12H18N2O6/c1-4-18-12-10(6-20-8(3)16)13-11(17)9(14-12)5-19-7(2)15/h9-10H,4-6H2,1-3H3,(H,13,17)/t9-,10-/m0/s1. The molecule has 1 rings (SSSR count). The van der Waals surface area contributed by atoms with Gasteiger partial charge in [0, 0.05) is 13.8 Å². The molecule has 112 valence electrons. The highest BCUT2D eigenvalue weighted by Gasteiger charge is 2.32. The Morgan fingerprint density at radius 1 is 1.20 bits per heavy atom. The first-order chi connectivity index (χ1) is 9.43. The van der Waals surface area contributed by atoms with Crippen LogP contribution in [0.4, 0.5) is 0 Å². The third-order valence-corrected chi connectivity index (χ3v) is 2.39. The zero-order valence-corrected chi connectivity index (χ0v) is 11.7. The van der Waals surface area contributed by atoms with Crippen LogP contribution >= 0.6 is 0 Å². The van der Waals surface area contributed by atoms with Gasteiger partial charge in [-0.1, -0.05) is 0 Å². The van der Waals surface area contributed by atoms with Gasteiger partial charge in [-0.05, 0) is 6.92 Å². The van der Waals surface area contributed by atoms with Crippen LogP contribution < -0.4 is 5.32 Å². The van der Waals surface area contributed by atoms with E-state index < -0.39 is 29.9 Å². The Morgan fingerprint density at radius 2 is 1.80 bits per heavy atom. The summed E-state index contributed by atoms with van der Waals surface area (Å²) in [6.45, 7) is 4.43. The number of hydrogen-bond acceptors (Lipinski definition) is 7. The van der Waals surface area contributed by atoms with E-state index in [0.717, 1.165) is 0 Å². The zero-order chi connectivity index (χ0) is 15.1. The molecule has 0 aromatic heterocycles. The second-order valence-electron chi connectivity index (χ2n) is 4.08. The van der Waals surface area contributed by atoms with Gasteiger partial charge >= 0.3 is 11.9 Å². The van der Waals surface area contributed by atoms with Gasteiger partial charge in [0.25, 0.3) is 0 Å². The van der Waals surface area contributed by atoms with Crippen molar-refractivity contribution >= 4 is 23.7 Å². The molecule has 0 fully saturated rings. The summed E-state index contributed by atoms with van der Waals surface area (Å²) in [6.07, 6.45) is 0. The van der Waals surface area contributed by atoms with E-state index in [4.69, 9.17) is 14.2 Å². The molecule has 1 aliphatic heterocycles. The Labute approximate surface area is 116 Å². The van der Waals surface area contributed by atoms with Crippen molar-refractivity contribution in [3.05, 3.63) is 0 Å². The first-order valence-electron chi connectivity index (χ1n) is 6.21. The van der Waals surface area contributed by atoms with Crippen LogP contribution in [0.2, 0.25) is 0 Å². The molecule has 0 aromatic rings. The first kappa shape index (κ1) is 15.9. The summed E-state index contributed by atoms with van der Waals surface area (Å²) >= 11 is 0. The lowest BCUT2D eigenvalue weighted by atomic mass is 10.2. The molecule has 0 bridgehead atoms. The topological polar surface area (TPSA) is 103 Å². The van der Waals surface area contributed by atoms with Crippen molar-refractivity contribution in [2.24, 2.45) is 4.99 Å². The van der Waals surface area contributed by atoms with E-state index in [2.05, 4.69) is 10.3 Å². The number of carbonyl (C=O) groups is 3. The minimum Gasteiger partial charge on any atom is -0.480 e. The Hall–Kier alpha value is -2.12. The summed E-state index contributed by atoms with van der Waals surface area (Å²) in [5.41, 5.74) is 0. The average Bonchev–Trinajstić information content (AvgIpc) is 2.37. The SMILES string of the molecule is CCOC1=N[C@@H](COC(C)=O)C(=O)N[C@H]1COC(C)=O. The van der Waals surface area contributed by atoms with Crippen molar-refractivity contribution in [2.45, 2.75) is 32.9 Å². The highest BCUT2D eigenvalue weighted by molar-refractivity contribution is 5.95. The average molecular weight is 286 g/mol. The monoisotopic (exact) mass is 286 g/mol. The van der Waals surface area contributed by atoms with E-state index in [1.54, 1.807) is 6.92 Å². The predicted octanol–water partition coefficient (Wildman–Crippen LogP) is -0.585. The number of rotatable bonds is 5. The molecular formula is C12H18N2O6. The fourth-order valence-corrected chi connectivity index (χ4v) is 1.54. The Bertz CT molecular complexity index is 420. The van der Waals surface area contributed by atoms with E-state index in [-0.39, 0.29) is 19.1 Å². The Morgan fingerprint density at radius 3 is 2.35 bits per heavy atom. The molecule has 0 aromatic carbocycles. The summed E-state index contributed by atoms with van der Waals surface area (Å²) < 4.78 is 14.9. The molecule has 2 atom stereocenters. The molecule has 20 heavy (non-hydrogen) atoms. The number of hydrogen-bond donors (Lipinski definition) is 1. The van der Waals surface area contributed by atoms with Crippen molar-refractivity contribution in [3.8, 4) is 0 Å². The number of amides is 1. The van der Waals surface area contributed by atoms with Crippen molar-refractivity contribution in [1.29, 1.82) is 0 Å². The van der Waals surface area contributed by atoms with E-state index in [9.17, 15) is 14.4 Å². The van der Waals surface area contributed by atoms with E-state index >= 15 is 0 Å². The third-order valence-electron chi connectivity index (χ3n) is 2.39. The van der Waals surface area contributed by atoms with Crippen LogP contribution in [0.3, 0.4) is 0 Å². The zero-order valence-electron chi connectivity index (χ0n) is 11.7. The maximum absolute atomic E-state index is 11.8. The molecule has 1 aliphatic rings. The van der Waals surface area contributed by atoms with Crippen LogP contribution in [0.25, 0.3) is 0 Å². The Balaban J connectivity index is 2.74. The highest BCUT2D eigenvalue weighted by Crippen LogP contribution is 2.07. The second kappa shape index (κ2) is 7.46. The summed E-state index contributed by atoms with van der Waals surface area (Å²) in [5.74, 6) is -1.11. The van der Waals surface area contributed by atoms with Gasteiger partial charge in [-0.2, -0.15) is 0 Å². The van der Waals surface area contributed by atoms with Crippen LogP contribution in [0.5, 0.6) is 0 Å². The lowest BCUT2D eigenvalue weighted by Gasteiger charge is -2.27. The lowest BCUT2D eigenvalue weighted by molar-refractivity contribution is -0.144. The molecule has 0 saturated heterocycles. The lowest BCUT2D eigenvalue weighted by Crippen LogP contribution is -2.54. The number of carbonyl (C=O) groups excluding carboxylic acids is 3. The molecule has 0 aliphatic carbocycles. The molecule has 8 heteroatoms. The van der Waals surface area contributed by atoms with Crippen molar-refractivity contribution in [2.75, 3.05) is 19.8 Å². The highest BCUT2D eigenvalue weighted by atomic mass is 16.5. The number of aliphatic imine (C=N–C) groups is 1. The van der Waals surface area contributed by atoms with Crippen LogP contribution in [0.15, 0.2) is 4.99 Å². The molecule has 1 amide bonds. The fourth-order valence-electron chi connectivity index (χ4n) is 1.54. The smallest absolute Gasteiger partial charge is 0.302 e. The van der Waals surface area contributed by atoms with E-state index in [1.165, 1.54) is 13.8 Å². The number of nitrogens with zero attached hydrogens (tertiary/aromatic N) is 1. The van der Waals surface area contributed by atoms with E-state index in [0.29, 0.717) is 6.61 Å². The van der Waals surface area contributed by atoms with Gasteiger partial charge in [0.2, 0.25) is 11.8 Å². The summed E-state index contributed by atoms with van der Waals surface area (Å²) in [5, 5.41) is 2.62. The van der Waals surface area contributed by atoms with Crippen LogP contribution in [-0.4, -0.2) is 55.6 Å². The molecule has 0 spiro atoms. The third kappa shape index (κ3) is 4.87. The number of esters is 2. The quantitative estimate of drug-likeness (QED) is 0.678. The van der Waals surface area contributed by atoms with Gasteiger partial charge < -0.3 is 19.5 Å². The summed E-state index contributed by atoms with van der Waals surface area (Å²) in [4.78, 5) is 37.5. The minimum absolute atomic E-state index is 0.0554. The van der Waals surface area contributed by atoms with Gasteiger partial charge in [0.05, 0.1) is 6.61 Å². The number of ether oxygens (including phenoxy) is 3. The maximum atomic E-state index is 11.8. The van der Waals surface area contributed by atoms with Crippen molar-refractivity contribution in [3.63, 3.8) is 0 Å². The minimum atomic E-state index is -0.853. The Kier molecular flexibility index (Phi) is 5.95. The van der Waals surface area contributed by atoms with E-state index in [1.807, 2.05) is 0 Å². The molecule has 0 unspecified atom stereocenters. The van der Waals surface area contributed by atoms with Gasteiger partial charge in [0.1, 0.15) is 19.3 Å².